The first-order valence-electron chi connectivity index (χ1n) is 9.42. The smallest absolute Gasteiger partial charge is 0.355 e. The number of fused-ring (bicyclic) bond motifs is 1. The summed E-state index contributed by atoms with van der Waals surface area (Å²) >= 11 is 1.46. The summed E-state index contributed by atoms with van der Waals surface area (Å²) in [5.41, 5.74) is 1.41. The second-order valence-corrected chi connectivity index (χ2v) is 8.26. The van der Waals surface area contributed by atoms with Crippen molar-refractivity contribution in [3.63, 3.8) is 0 Å². The minimum absolute atomic E-state index is 0.0637. The Morgan fingerprint density at radius 3 is 2.65 bits per heavy atom. The van der Waals surface area contributed by atoms with E-state index in [0.717, 1.165) is 5.57 Å². The van der Waals surface area contributed by atoms with Gasteiger partial charge in [0.2, 0.25) is 0 Å². The van der Waals surface area contributed by atoms with Gasteiger partial charge in [-0.1, -0.05) is 5.16 Å². The Morgan fingerprint density at radius 2 is 1.97 bits per heavy atom. The molecule has 31 heavy (non-hydrogen) atoms. The molecule has 4 heterocycles. The third-order valence-corrected chi connectivity index (χ3v) is 6.08. The molecule has 11 nitrogen and oxygen atoms in total. The lowest BCUT2D eigenvalue weighted by Gasteiger charge is -2.49. The van der Waals surface area contributed by atoms with Gasteiger partial charge in [0.25, 0.3) is 17.7 Å². The summed E-state index contributed by atoms with van der Waals surface area (Å²) in [6.45, 7) is 4.83. The lowest BCUT2D eigenvalue weighted by atomic mass is 10.0. The van der Waals surface area contributed by atoms with Crippen LogP contribution in [0.4, 0.5) is 0 Å². The molecule has 0 bridgehead atoms. The van der Waals surface area contributed by atoms with Gasteiger partial charge in [-0.2, -0.15) is 0 Å². The van der Waals surface area contributed by atoms with Crippen molar-refractivity contribution >= 4 is 29.5 Å². The monoisotopic (exact) mass is 448 g/mol. The maximum atomic E-state index is 12.7. The van der Waals surface area contributed by atoms with Gasteiger partial charge in [-0.3, -0.25) is 14.5 Å². The molecule has 1 saturated heterocycles. The third-order valence-electron chi connectivity index (χ3n) is 4.65. The van der Waals surface area contributed by atoms with Gasteiger partial charge in [0.05, 0.1) is 0 Å². The van der Waals surface area contributed by atoms with Crippen LogP contribution >= 0.6 is 11.8 Å². The molecule has 4 rings (SSSR count). The molecule has 0 unspecified atom stereocenters. The van der Waals surface area contributed by atoms with E-state index >= 15 is 0 Å². The number of hydrogen-bond acceptors (Lipinski definition) is 10. The largest absolute Gasteiger partial charge is 0.465 e. The molecule has 1 fully saturated rings. The zero-order chi connectivity index (χ0) is 22.1. The molecule has 0 aromatic carbocycles. The van der Waals surface area contributed by atoms with Crippen LogP contribution in [0.1, 0.15) is 24.1 Å². The van der Waals surface area contributed by atoms with Gasteiger partial charge in [0.1, 0.15) is 40.9 Å². The molecule has 12 heteroatoms. The number of ether oxygens (including phenoxy) is 2. The number of carbonyl (C=O) groups is 3. The molecule has 2 aromatic heterocycles. The molecule has 2 aliphatic heterocycles. The van der Waals surface area contributed by atoms with Crippen LogP contribution < -0.4 is 10.1 Å². The maximum Gasteiger partial charge on any atom is 0.355 e. The van der Waals surface area contributed by atoms with Gasteiger partial charge in [-0.05, 0) is 31.5 Å². The summed E-state index contributed by atoms with van der Waals surface area (Å²) in [6.07, 6.45) is 0. The Hall–Kier alpha value is -3.28. The van der Waals surface area contributed by atoms with Gasteiger partial charge in [0, 0.05) is 17.9 Å². The fraction of sp³-hybridized carbons (Fsp3) is 0.421. The maximum absolute atomic E-state index is 12.7. The summed E-state index contributed by atoms with van der Waals surface area (Å²) < 4.78 is 20.4. The van der Waals surface area contributed by atoms with E-state index in [9.17, 15) is 14.4 Å². The van der Waals surface area contributed by atoms with Crippen LogP contribution in [0, 0.1) is 13.8 Å². The van der Waals surface area contributed by atoms with Crippen LogP contribution in [0.2, 0.25) is 0 Å². The molecule has 1 N–H and O–H groups in total. The van der Waals surface area contributed by atoms with E-state index in [-0.39, 0.29) is 30.7 Å². The van der Waals surface area contributed by atoms with Crippen molar-refractivity contribution in [2.24, 2.45) is 0 Å². The highest BCUT2D eigenvalue weighted by molar-refractivity contribution is 8.00. The molecule has 0 aliphatic carbocycles. The van der Waals surface area contributed by atoms with E-state index in [4.69, 9.17) is 18.5 Å². The number of hydrogen-bond donors (Lipinski definition) is 1. The van der Waals surface area contributed by atoms with Crippen LogP contribution in [-0.4, -0.2) is 56.8 Å². The molecule has 164 valence electrons. The van der Waals surface area contributed by atoms with Gasteiger partial charge in [-0.25, -0.2) is 4.79 Å². The van der Waals surface area contributed by atoms with Crippen LogP contribution in [0.5, 0.6) is 5.88 Å². The third kappa shape index (κ3) is 4.29. The average Bonchev–Trinajstić information content (AvgIpc) is 3.36. The number of esters is 1. The van der Waals surface area contributed by atoms with E-state index in [1.807, 2.05) is 0 Å². The van der Waals surface area contributed by atoms with Gasteiger partial charge < -0.3 is 23.8 Å². The summed E-state index contributed by atoms with van der Waals surface area (Å²) in [6, 6.07) is 2.46. The standard InChI is InChI=1S/C19H20N4O7S/c1-9-8-31-18-15(20-13(24)7-27-14-5-11(3)30-22-14)17(25)23(18)16(9)19(26)28-6-12-4-10(2)29-21-12/h4-5,15,18H,6-8H2,1-3H3,(H,20,24)/t15-,18-/m1/s1. The number of nitrogens with one attached hydrogen (secondary N) is 1. The molecule has 0 saturated carbocycles. The van der Waals surface area contributed by atoms with E-state index < -0.39 is 23.3 Å². The Labute approximate surface area is 181 Å². The Morgan fingerprint density at radius 1 is 1.23 bits per heavy atom. The van der Waals surface area contributed by atoms with Crippen LogP contribution in [0.3, 0.4) is 0 Å². The molecule has 2 aliphatic rings. The predicted octanol–water partition coefficient (Wildman–Crippen LogP) is 1.08. The minimum atomic E-state index is -0.755. The molecule has 2 aromatic rings. The van der Waals surface area contributed by atoms with Gasteiger partial charge in [-0.15, -0.1) is 11.8 Å². The molecule has 2 atom stereocenters. The predicted molar refractivity (Wildman–Crippen MR) is 105 cm³/mol. The van der Waals surface area contributed by atoms with Crippen LogP contribution in [0.25, 0.3) is 0 Å². The Bertz CT molecular complexity index is 1060. The van der Waals surface area contributed by atoms with Crippen LogP contribution in [0.15, 0.2) is 32.4 Å². The van der Waals surface area contributed by atoms with Crippen molar-refractivity contribution in [2.75, 3.05) is 12.4 Å². The van der Waals surface area contributed by atoms with Crippen molar-refractivity contribution in [2.45, 2.75) is 38.8 Å². The summed E-state index contributed by atoms with van der Waals surface area (Å²) in [5, 5.41) is 9.66. The Kier molecular flexibility index (Phi) is 5.72. The number of thioether (sulfide) groups is 1. The molecule has 0 spiro atoms. The van der Waals surface area contributed by atoms with E-state index in [0.29, 0.717) is 23.0 Å². The molecule has 2 amide bonds. The summed E-state index contributed by atoms with van der Waals surface area (Å²) in [7, 11) is 0. The van der Waals surface area contributed by atoms with Gasteiger partial charge >= 0.3 is 5.97 Å². The summed E-state index contributed by atoms with van der Waals surface area (Å²) in [4.78, 5) is 38.9. The summed E-state index contributed by atoms with van der Waals surface area (Å²) in [5.74, 6) is 0.401. The zero-order valence-electron chi connectivity index (χ0n) is 17.0. The number of β-lactam (4-membered cyclic amide) rings is 1. The Balaban J connectivity index is 1.34. The van der Waals surface area contributed by atoms with Crippen LogP contribution in [-0.2, 0) is 25.7 Å². The van der Waals surface area contributed by atoms with E-state index in [2.05, 4.69) is 15.6 Å². The van der Waals surface area contributed by atoms with Crippen molar-refractivity contribution in [3.8, 4) is 5.88 Å². The first-order valence-corrected chi connectivity index (χ1v) is 10.5. The SMILES string of the molecule is CC1=C(C(=O)OCc2cc(C)on2)N2C(=O)[C@@H](NC(=O)COc3cc(C)on3)[C@H]2SC1. The molecular formula is C19H20N4O7S. The van der Waals surface area contributed by atoms with Crippen molar-refractivity contribution in [1.29, 1.82) is 0 Å². The number of amides is 2. The fourth-order valence-electron chi connectivity index (χ4n) is 3.22. The molecule has 0 radical (unpaired) electrons. The highest BCUT2D eigenvalue weighted by Gasteiger charge is 2.54. The lowest BCUT2D eigenvalue weighted by Crippen LogP contribution is -2.70. The number of nitrogens with zero attached hydrogens (tertiary/aromatic N) is 3. The zero-order valence-corrected chi connectivity index (χ0v) is 17.9. The second kappa shape index (κ2) is 8.46. The fourth-order valence-corrected chi connectivity index (χ4v) is 4.52. The highest BCUT2D eigenvalue weighted by atomic mass is 32.2. The topological polar surface area (TPSA) is 137 Å². The molecular weight excluding hydrogens is 428 g/mol. The van der Waals surface area contributed by atoms with Crippen molar-refractivity contribution < 1.29 is 32.9 Å². The van der Waals surface area contributed by atoms with Crippen molar-refractivity contribution in [1.82, 2.24) is 20.5 Å². The van der Waals surface area contributed by atoms with Crippen molar-refractivity contribution in [3.05, 3.63) is 40.6 Å². The number of aromatic nitrogens is 2. The number of aryl methyl sites for hydroxylation is 2. The number of rotatable bonds is 7. The first-order chi connectivity index (χ1) is 14.8. The van der Waals surface area contributed by atoms with E-state index in [1.54, 1.807) is 32.9 Å². The average molecular weight is 448 g/mol. The highest BCUT2D eigenvalue weighted by Crippen LogP contribution is 2.40. The normalized spacial score (nSPS) is 20.2. The lowest BCUT2D eigenvalue weighted by molar-refractivity contribution is -0.153. The van der Waals surface area contributed by atoms with Gasteiger partial charge in [0.15, 0.2) is 6.61 Å². The quantitative estimate of drug-likeness (QED) is 0.484. The second-order valence-electron chi connectivity index (χ2n) is 7.15. The first kappa shape index (κ1) is 21.0. The van der Waals surface area contributed by atoms with E-state index in [1.165, 1.54) is 16.7 Å². The minimum Gasteiger partial charge on any atom is -0.465 e. The number of carbonyl (C=O) groups excluding carboxylic acids is 3.